The molecule has 1 aromatic rings. The van der Waals surface area contributed by atoms with E-state index in [2.05, 4.69) is 28.9 Å². The Morgan fingerprint density at radius 1 is 1.28 bits per heavy atom. The minimum Gasteiger partial charge on any atom is -0.481 e. The van der Waals surface area contributed by atoms with Crippen LogP contribution < -0.4 is 5.32 Å². The zero-order chi connectivity index (χ0) is 21.1. The summed E-state index contributed by atoms with van der Waals surface area (Å²) in [6, 6.07) is 4.49. The summed E-state index contributed by atoms with van der Waals surface area (Å²) < 4.78 is 0. The fourth-order valence-corrected chi connectivity index (χ4v) is 3.88. The highest BCUT2D eigenvalue weighted by atomic mass is 16.4. The molecule has 0 bridgehead atoms. The average molecular weight is 404 g/mol. The number of nitrogens with one attached hydrogen (secondary N) is 1. The Kier molecular flexibility index (Phi) is 10.2. The van der Waals surface area contributed by atoms with Crippen molar-refractivity contribution in [3.05, 3.63) is 35.5 Å². The molecule has 2 aliphatic heterocycles. The van der Waals surface area contributed by atoms with Crippen molar-refractivity contribution in [3.8, 4) is 0 Å². The van der Waals surface area contributed by atoms with Crippen LogP contribution in [0.25, 0.3) is 0 Å². The topological polar surface area (TPSA) is 85.7 Å². The number of rotatable bonds is 8. The zero-order valence-electron chi connectivity index (χ0n) is 17.8. The third-order valence-electron chi connectivity index (χ3n) is 5.62. The lowest BCUT2D eigenvalue weighted by Crippen LogP contribution is -2.30. The number of likely N-dealkylation sites (tertiary alicyclic amines) is 1. The van der Waals surface area contributed by atoms with Crippen molar-refractivity contribution in [2.45, 2.75) is 58.3 Å². The van der Waals surface area contributed by atoms with Gasteiger partial charge >= 0.3 is 5.97 Å². The number of hydrogen-bond donors (Lipinski definition) is 3. The van der Waals surface area contributed by atoms with Gasteiger partial charge in [-0.25, -0.2) is 4.98 Å². The van der Waals surface area contributed by atoms with E-state index in [1.165, 1.54) is 69.4 Å². The second kappa shape index (κ2) is 12.6. The summed E-state index contributed by atoms with van der Waals surface area (Å²) in [5.74, 6) is -0.367. The molecule has 3 heterocycles. The number of aromatic nitrogens is 1. The first kappa shape index (κ1) is 23.4. The van der Waals surface area contributed by atoms with Crippen LogP contribution in [0, 0.1) is 5.92 Å². The van der Waals surface area contributed by atoms with Crippen molar-refractivity contribution in [3.63, 3.8) is 0 Å². The minimum atomic E-state index is -0.915. The highest BCUT2D eigenvalue weighted by molar-refractivity contribution is 5.73. The van der Waals surface area contributed by atoms with Gasteiger partial charge in [0.2, 0.25) is 0 Å². The second-order valence-corrected chi connectivity index (χ2v) is 8.10. The van der Waals surface area contributed by atoms with Crippen LogP contribution >= 0.6 is 0 Å². The van der Waals surface area contributed by atoms with Gasteiger partial charge in [-0.15, -0.1) is 0 Å². The normalized spacial score (nSPS) is 17.3. The fraction of sp³-hybridized carbons (Fsp3) is 0.652. The standard InChI is InChI=1S/C16H25N3.C7H12O3/c1-2-11-19(12-3-1)13-5-7-15-9-8-14-6-4-10-17-16(14)18-15;1-5(2)6(3-4-8)7(9)10/h8-9H,1-7,10-13H2,(H,17,18);6,8H,1,3-4H2,2H3,(H,9,10). The minimum absolute atomic E-state index is 0.107. The molecule has 3 N–H and O–H groups in total. The monoisotopic (exact) mass is 403 g/mol. The number of pyridine rings is 1. The van der Waals surface area contributed by atoms with E-state index < -0.39 is 11.9 Å². The molecule has 2 aliphatic rings. The molecule has 0 aliphatic carbocycles. The molecule has 0 amide bonds. The van der Waals surface area contributed by atoms with Crippen LogP contribution in [0.1, 0.15) is 56.7 Å². The van der Waals surface area contributed by atoms with E-state index in [4.69, 9.17) is 15.2 Å². The number of carboxylic acids is 1. The van der Waals surface area contributed by atoms with Crippen molar-refractivity contribution < 1.29 is 15.0 Å². The van der Waals surface area contributed by atoms with Gasteiger partial charge in [-0.3, -0.25) is 4.79 Å². The molecule has 6 nitrogen and oxygen atoms in total. The summed E-state index contributed by atoms with van der Waals surface area (Å²) in [5, 5.41) is 20.4. The lowest BCUT2D eigenvalue weighted by molar-refractivity contribution is -0.140. The lowest BCUT2D eigenvalue weighted by atomic mass is 9.99. The molecule has 3 rings (SSSR count). The maximum atomic E-state index is 10.4. The summed E-state index contributed by atoms with van der Waals surface area (Å²) in [6.45, 7) is 9.98. The molecule has 0 spiro atoms. The maximum absolute atomic E-state index is 10.4. The Labute approximate surface area is 175 Å². The first-order chi connectivity index (χ1) is 14.0. The molecule has 1 saturated heterocycles. The van der Waals surface area contributed by atoms with Gasteiger partial charge in [-0.05, 0) is 83.1 Å². The predicted octanol–water partition coefficient (Wildman–Crippen LogP) is 3.50. The number of aryl methyl sites for hydroxylation is 2. The molecule has 1 atom stereocenters. The van der Waals surface area contributed by atoms with E-state index in [9.17, 15) is 4.79 Å². The van der Waals surface area contributed by atoms with Gasteiger partial charge in [0.1, 0.15) is 5.82 Å². The van der Waals surface area contributed by atoms with Crippen LogP contribution in [0.5, 0.6) is 0 Å². The van der Waals surface area contributed by atoms with Crippen LogP contribution in [0.2, 0.25) is 0 Å². The average Bonchev–Trinajstić information content (AvgIpc) is 2.73. The van der Waals surface area contributed by atoms with Crippen molar-refractivity contribution in [2.75, 3.05) is 38.1 Å². The van der Waals surface area contributed by atoms with Crippen molar-refractivity contribution in [1.29, 1.82) is 0 Å². The summed E-state index contributed by atoms with van der Waals surface area (Å²) in [4.78, 5) is 17.7. The number of anilines is 1. The van der Waals surface area contributed by atoms with Gasteiger partial charge in [0.05, 0.1) is 5.92 Å². The number of nitrogens with zero attached hydrogens (tertiary/aromatic N) is 2. The molecular formula is C23H37N3O3. The van der Waals surface area contributed by atoms with E-state index in [0.717, 1.165) is 18.8 Å². The summed E-state index contributed by atoms with van der Waals surface area (Å²) >= 11 is 0. The molecule has 6 heteroatoms. The number of aliphatic hydroxyl groups excluding tert-OH is 1. The van der Waals surface area contributed by atoms with Gasteiger partial charge in [0.15, 0.2) is 0 Å². The first-order valence-electron chi connectivity index (χ1n) is 11.0. The number of carboxylic acid groups (broad SMARTS) is 1. The fourth-order valence-electron chi connectivity index (χ4n) is 3.88. The lowest BCUT2D eigenvalue weighted by Gasteiger charge is -2.26. The van der Waals surface area contributed by atoms with Crippen molar-refractivity contribution in [1.82, 2.24) is 9.88 Å². The Bertz CT molecular complexity index is 643. The predicted molar refractivity (Wildman–Crippen MR) is 117 cm³/mol. The largest absolute Gasteiger partial charge is 0.481 e. The van der Waals surface area contributed by atoms with Crippen molar-refractivity contribution >= 4 is 11.8 Å². The quantitative estimate of drug-likeness (QED) is 0.576. The summed E-state index contributed by atoms with van der Waals surface area (Å²) in [5.41, 5.74) is 3.23. The third kappa shape index (κ3) is 8.15. The number of aliphatic hydroxyl groups is 1. The number of hydrogen-bond acceptors (Lipinski definition) is 5. The van der Waals surface area contributed by atoms with E-state index in [1.807, 2.05) is 0 Å². The second-order valence-electron chi connectivity index (χ2n) is 8.10. The van der Waals surface area contributed by atoms with Crippen LogP contribution in [-0.2, 0) is 17.6 Å². The van der Waals surface area contributed by atoms with Gasteiger partial charge in [0.25, 0.3) is 0 Å². The Morgan fingerprint density at radius 3 is 2.66 bits per heavy atom. The van der Waals surface area contributed by atoms with E-state index in [1.54, 1.807) is 6.92 Å². The van der Waals surface area contributed by atoms with E-state index in [-0.39, 0.29) is 13.0 Å². The summed E-state index contributed by atoms with van der Waals surface area (Å²) in [6.07, 6.45) is 9.24. The third-order valence-corrected chi connectivity index (χ3v) is 5.62. The Morgan fingerprint density at radius 2 is 2.03 bits per heavy atom. The smallest absolute Gasteiger partial charge is 0.310 e. The number of carbonyl (C=O) groups is 1. The van der Waals surface area contributed by atoms with Crippen LogP contribution in [0.3, 0.4) is 0 Å². The SMILES string of the molecule is C=C(C)C(CCO)C(=O)O.c1cc2c(nc1CCCN1CCCCC1)NCCC2. The van der Waals surface area contributed by atoms with E-state index >= 15 is 0 Å². The summed E-state index contributed by atoms with van der Waals surface area (Å²) in [7, 11) is 0. The number of aliphatic carboxylic acids is 1. The maximum Gasteiger partial charge on any atom is 0.310 e. The molecule has 0 aromatic carbocycles. The first-order valence-corrected chi connectivity index (χ1v) is 11.0. The number of piperidine rings is 1. The molecule has 1 fully saturated rings. The van der Waals surface area contributed by atoms with Gasteiger partial charge in [0, 0.05) is 18.8 Å². The Balaban J connectivity index is 0.000000257. The van der Waals surface area contributed by atoms with Gasteiger partial charge in [-0.1, -0.05) is 24.6 Å². The number of fused-ring (bicyclic) bond motifs is 1. The van der Waals surface area contributed by atoms with Gasteiger partial charge < -0.3 is 20.4 Å². The molecular weight excluding hydrogens is 366 g/mol. The van der Waals surface area contributed by atoms with Crippen molar-refractivity contribution in [2.24, 2.45) is 5.92 Å². The van der Waals surface area contributed by atoms with Crippen LogP contribution in [0.4, 0.5) is 5.82 Å². The van der Waals surface area contributed by atoms with Crippen LogP contribution in [0.15, 0.2) is 24.3 Å². The Hall–Kier alpha value is -1.92. The highest BCUT2D eigenvalue weighted by Gasteiger charge is 2.16. The van der Waals surface area contributed by atoms with Gasteiger partial charge in [-0.2, -0.15) is 0 Å². The molecule has 29 heavy (non-hydrogen) atoms. The van der Waals surface area contributed by atoms with E-state index in [0.29, 0.717) is 5.57 Å². The molecule has 162 valence electrons. The van der Waals surface area contributed by atoms with Crippen LogP contribution in [-0.4, -0.2) is 58.9 Å². The molecule has 1 unspecified atom stereocenters. The molecule has 0 radical (unpaired) electrons. The zero-order valence-corrected chi connectivity index (χ0v) is 17.8. The molecule has 1 aromatic heterocycles. The highest BCUT2D eigenvalue weighted by Crippen LogP contribution is 2.20. The molecule has 0 saturated carbocycles.